The first-order valence-electron chi connectivity index (χ1n) is 8.79. The van der Waals surface area contributed by atoms with E-state index >= 15 is 0 Å². The summed E-state index contributed by atoms with van der Waals surface area (Å²) in [7, 11) is 1.53. The molecule has 28 heavy (non-hydrogen) atoms. The third-order valence-electron chi connectivity index (χ3n) is 3.81. The average Bonchev–Trinajstić information content (AvgIpc) is 2.73. The molecule has 0 aliphatic carbocycles. The van der Waals surface area contributed by atoms with Crippen LogP contribution in [0.25, 0.3) is 0 Å². The van der Waals surface area contributed by atoms with Crippen LogP contribution >= 0.6 is 0 Å². The minimum absolute atomic E-state index is 0.00510. The molecule has 2 aromatic carbocycles. The summed E-state index contributed by atoms with van der Waals surface area (Å²) in [6.07, 6.45) is 0.177. The molecule has 7 nitrogen and oxygen atoms in total. The Kier molecular flexibility index (Phi) is 8.34. The van der Waals surface area contributed by atoms with E-state index in [0.717, 1.165) is 0 Å². The van der Waals surface area contributed by atoms with E-state index in [9.17, 15) is 9.59 Å². The summed E-state index contributed by atoms with van der Waals surface area (Å²) in [5, 5.41) is 8.79. The van der Waals surface area contributed by atoms with E-state index in [1.807, 2.05) is 18.2 Å². The monoisotopic (exact) mass is 382 g/mol. The smallest absolute Gasteiger partial charge is 0.309 e. The molecule has 1 amide bonds. The lowest BCUT2D eigenvalue weighted by atomic mass is 10.2. The number of rotatable bonds is 10. The number of ether oxygens (including phenoxy) is 3. The van der Waals surface area contributed by atoms with Gasteiger partial charge in [-0.05, 0) is 24.3 Å². The highest BCUT2D eigenvalue weighted by atomic mass is 16.5. The number of carbonyl (C=O) groups excluding carboxylic acids is 2. The SMILES string of the molecule is COc1ccccc1OCCC(=O)OCC(=O)N(CCC#N)c1ccccc1. The van der Waals surface area contributed by atoms with Crippen molar-refractivity contribution in [1.82, 2.24) is 0 Å². The van der Waals surface area contributed by atoms with Gasteiger partial charge in [0.2, 0.25) is 0 Å². The first kappa shape index (κ1) is 20.8. The van der Waals surface area contributed by atoms with Gasteiger partial charge in [0.1, 0.15) is 0 Å². The molecule has 0 N–H and O–H groups in total. The Morgan fingerprint density at radius 3 is 2.39 bits per heavy atom. The van der Waals surface area contributed by atoms with Crippen LogP contribution in [0.5, 0.6) is 11.5 Å². The van der Waals surface area contributed by atoms with E-state index in [1.165, 1.54) is 12.0 Å². The van der Waals surface area contributed by atoms with Gasteiger partial charge in [0.25, 0.3) is 5.91 Å². The topological polar surface area (TPSA) is 88.9 Å². The highest BCUT2D eigenvalue weighted by molar-refractivity contribution is 5.95. The number of hydrogen-bond acceptors (Lipinski definition) is 6. The molecule has 0 saturated heterocycles. The molecule has 0 aliphatic heterocycles. The third kappa shape index (κ3) is 6.32. The van der Waals surface area contributed by atoms with Crippen LogP contribution in [0.1, 0.15) is 12.8 Å². The number of methoxy groups -OCH3 is 1. The Labute approximate surface area is 164 Å². The molecule has 0 heterocycles. The maximum atomic E-state index is 12.4. The van der Waals surface area contributed by atoms with Crippen molar-refractivity contribution in [3.8, 4) is 17.6 Å². The number of hydrogen-bond donors (Lipinski definition) is 0. The summed E-state index contributed by atoms with van der Waals surface area (Å²) in [6.45, 7) is -0.0636. The highest BCUT2D eigenvalue weighted by Gasteiger charge is 2.17. The van der Waals surface area contributed by atoms with Gasteiger partial charge in [0.15, 0.2) is 18.1 Å². The van der Waals surface area contributed by atoms with E-state index in [1.54, 1.807) is 42.5 Å². The molecule has 0 aromatic heterocycles. The summed E-state index contributed by atoms with van der Waals surface area (Å²) in [4.78, 5) is 25.8. The molecule has 0 bridgehead atoms. The van der Waals surface area contributed by atoms with Crippen LogP contribution in [-0.4, -0.2) is 38.7 Å². The number of nitrogens with zero attached hydrogens (tertiary/aromatic N) is 2. The third-order valence-corrected chi connectivity index (χ3v) is 3.81. The zero-order valence-corrected chi connectivity index (χ0v) is 15.7. The second-order valence-electron chi connectivity index (χ2n) is 5.70. The summed E-state index contributed by atoms with van der Waals surface area (Å²) in [6, 6.07) is 18.1. The van der Waals surface area contributed by atoms with Crippen LogP contribution < -0.4 is 14.4 Å². The van der Waals surface area contributed by atoms with E-state index in [2.05, 4.69) is 0 Å². The average molecular weight is 382 g/mol. The number of para-hydroxylation sites is 3. The van der Waals surface area contributed by atoms with Crippen molar-refractivity contribution in [3.63, 3.8) is 0 Å². The van der Waals surface area contributed by atoms with E-state index in [0.29, 0.717) is 17.2 Å². The summed E-state index contributed by atoms with van der Waals surface area (Å²) in [5.74, 6) is 0.166. The predicted molar refractivity (Wildman–Crippen MR) is 103 cm³/mol. The van der Waals surface area contributed by atoms with Crippen molar-refractivity contribution < 1.29 is 23.8 Å². The lowest BCUT2D eigenvalue weighted by molar-refractivity contribution is -0.148. The van der Waals surface area contributed by atoms with Crippen LogP contribution in [0.4, 0.5) is 5.69 Å². The Morgan fingerprint density at radius 2 is 1.71 bits per heavy atom. The maximum absolute atomic E-state index is 12.4. The zero-order valence-electron chi connectivity index (χ0n) is 15.7. The lowest BCUT2D eigenvalue weighted by Crippen LogP contribution is -2.35. The van der Waals surface area contributed by atoms with E-state index in [4.69, 9.17) is 19.5 Å². The number of esters is 1. The quantitative estimate of drug-likeness (QED) is 0.587. The number of anilines is 1. The van der Waals surface area contributed by atoms with Crippen molar-refractivity contribution in [3.05, 3.63) is 54.6 Å². The van der Waals surface area contributed by atoms with Gasteiger partial charge in [0.05, 0.1) is 32.6 Å². The van der Waals surface area contributed by atoms with E-state index in [-0.39, 0.29) is 31.9 Å². The van der Waals surface area contributed by atoms with Crippen LogP contribution in [0.15, 0.2) is 54.6 Å². The van der Waals surface area contributed by atoms with Gasteiger partial charge in [-0.15, -0.1) is 0 Å². The van der Waals surface area contributed by atoms with Crippen molar-refractivity contribution in [2.24, 2.45) is 0 Å². The molecule has 0 atom stereocenters. The number of carbonyl (C=O) groups is 2. The Bertz CT molecular complexity index is 817. The highest BCUT2D eigenvalue weighted by Crippen LogP contribution is 2.25. The molecule has 0 spiro atoms. The van der Waals surface area contributed by atoms with Crippen molar-refractivity contribution in [2.45, 2.75) is 12.8 Å². The van der Waals surface area contributed by atoms with Crippen molar-refractivity contribution >= 4 is 17.6 Å². The number of benzene rings is 2. The molecule has 0 saturated carbocycles. The molecule has 146 valence electrons. The normalized spacial score (nSPS) is 9.86. The van der Waals surface area contributed by atoms with E-state index < -0.39 is 12.6 Å². The molecule has 2 rings (SSSR count). The molecule has 0 unspecified atom stereocenters. The van der Waals surface area contributed by atoms with Gasteiger partial charge in [-0.1, -0.05) is 30.3 Å². The summed E-state index contributed by atoms with van der Waals surface area (Å²) < 4.78 is 15.7. The molecule has 2 aromatic rings. The van der Waals surface area contributed by atoms with Crippen molar-refractivity contribution in [2.75, 3.05) is 31.8 Å². The lowest BCUT2D eigenvalue weighted by Gasteiger charge is -2.21. The second-order valence-corrected chi connectivity index (χ2v) is 5.70. The Morgan fingerprint density at radius 1 is 1.04 bits per heavy atom. The first-order chi connectivity index (χ1) is 13.7. The van der Waals surface area contributed by atoms with Crippen LogP contribution in [-0.2, 0) is 14.3 Å². The zero-order chi connectivity index (χ0) is 20.2. The number of amides is 1. The molecular formula is C21H22N2O5. The molecular weight excluding hydrogens is 360 g/mol. The minimum Gasteiger partial charge on any atom is -0.493 e. The molecule has 0 aliphatic rings. The molecule has 0 fully saturated rings. The largest absolute Gasteiger partial charge is 0.493 e. The van der Waals surface area contributed by atoms with Gasteiger partial charge >= 0.3 is 5.97 Å². The van der Waals surface area contributed by atoms with Gasteiger partial charge in [0, 0.05) is 12.2 Å². The fourth-order valence-electron chi connectivity index (χ4n) is 2.44. The van der Waals surface area contributed by atoms with Crippen molar-refractivity contribution in [1.29, 1.82) is 5.26 Å². The molecule has 7 heteroatoms. The first-order valence-corrected chi connectivity index (χ1v) is 8.79. The van der Waals surface area contributed by atoms with Gasteiger partial charge in [-0.2, -0.15) is 5.26 Å². The van der Waals surface area contributed by atoms with Crippen LogP contribution in [0.2, 0.25) is 0 Å². The van der Waals surface area contributed by atoms with Gasteiger partial charge in [-0.3, -0.25) is 9.59 Å². The Balaban J connectivity index is 1.81. The second kappa shape index (κ2) is 11.2. The summed E-state index contributed by atoms with van der Waals surface area (Å²) in [5.41, 5.74) is 0.651. The predicted octanol–water partition coefficient (Wildman–Crippen LogP) is 2.95. The van der Waals surface area contributed by atoms with Crippen LogP contribution in [0.3, 0.4) is 0 Å². The molecule has 0 radical (unpaired) electrons. The number of nitriles is 1. The fourth-order valence-corrected chi connectivity index (χ4v) is 2.44. The Hall–Kier alpha value is -3.53. The summed E-state index contributed by atoms with van der Waals surface area (Å²) >= 11 is 0. The minimum atomic E-state index is -0.545. The fraction of sp³-hybridized carbons (Fsp3) is 0.286. The standard InChI is InChI=1S/C21H22N2O5/c1-26-18-10-5-6-11-19(18)27-15-12-21(25)28-16-20(24)23(14-7-13-22)17-8-3-2-4-9-17/h2-6,8-11H,7,12,14-16H2,1H3. The van der Waals surface area contributed by atoms with Gasteiger partial charge < -0.3 is 19.1 Å². The van der Waals surface area contributed by atoms with Gasteiger partial charge in [-0.25, -0.2) is 0 Å². The maximum Gasteiger partial charge on any atom is 0.309 e. The van der Waals surface area contributed by atoms with Crippen LogP contribution in [0, 0.1) is 11.3 Å².